The molecule has 122 valence electrons. The van der Waals surface area contributed by atoms with Crippen molar-refractivity contribution in [3.05, 3.63) is 17.8 Å². The number of hydrogen-bond donors (Lipinski definition) is 0. The van der Waals surface area contributed by atoms with Crippen molar-refractivity contribution in [1.29, 1.82) is 0 Å². The third kappa shape index (κ3) is 2.35. The molecule has 1 aromatic rings. The third-order valence-electron chi connectivity index (χ3n) is 5.16. The van der Waals surface area contributed by atoms with E-state index < -0.39 is 11.9 Å². The molecule has 22 heavy (non-hydrogen) atoms. The van der Waals surface area contributed by atoms with Crippen LogP contribution in [0.4, 0.5) is 19.0 Å². The fraction of sp³-hybridized carbons (Fsp3) is 0.733. The molecule has 1 aromatic heterocycles. The van der Waals surface area contributed by atoms with Crippen molar-refractivity contribution < 1.29 is 17.9 Å². The number of alkyl halides is 3. The quantitative estimate of drug-likeness (QED) is 0.855. The molecule has 7 heteroatoms. The molecule has 2 saturated carbocycles. The summed E-state index contributed by atoms with van der Waals surface area (Å²) >= 11 is 0. The van der Waals surface area contributed by atoms with Crippen molar-refractivity contribution in [2.75, 3.05) is 18.6 Å². The van der Waals surface area contributed by atoms with E-state index in [1.54, 1.807) is 0 Å². The Morgan fingerprint density at radius 2 is 2.05 bits per heavy atom. The molecule has 1 heterocycles. The van der Waals surface area contributed by atoms with Gasteiger partial charge in [0.15, 0.2) is 11.5 Å². The Hall–Kier alpha value is -1.37. The lowest BCUT2D eigenvalue weighted by atomic mass is 9.50. The summed E-state index contributed by atoms with van der Waals surface area (Å²) in [7, 11) is 1.88. The summed E-state index contributed by atoms with van der Waals surface area (Å²) in [5.74, 6) is 0.485. The summed E-state index contributed by atoms with van der Waals surface area (Å²) in [6.45, 7) is 2.69. The number of nitrogens with zero attached hydrogens (tertiary/aromatic N) is 3. The van der Waals surface area contributed by atoms with Gasteiger partial charge in [-0.3, -0.25) is 0 Å². The first kappa shape index (κ1) is 15.5. The van der Waals surface area contributed by atoms with Gasteiger partial charge in [-0.2, -0.15) is 13.2 Å². The van der Waals surface area contributed by atoms with Gasteiger partial charge in [0.2, 0.25) is 0 Å². The molecule has 0 bridgehead atoms. The molecule has 2 unspecified atom stereocenters. The van der Waals surface area contributed by atoms with Crippen LogP contribution in [0, 0.1) is 5.41 Å². The van der Waals surface area contributed by atoms with Gasteiger partial charge >= 0.3 is 6.18 Å². The number of ether oxygens (including phenoxy) is 1. The van der Waals surface area contributed by atoms with Crippen LogP contribution in [-0.4, -0.2) is 36.0 Å². The highest BCUT2D eigenvalue weighted by Gasteiger charge is 2.60. The second-order valence-electron chi connectivity index (χ2n) is 6.17. The van der Waals surface area contributed by atoms with Gasteiger partial charge < -0.3 is 9.64 Å². The van der Waals surface area contributed by atoms with E-state index in [-0.39, 0.29) is 17.6 Å². The van der Waals surface area contributed by atoms with Gasteiger partial charge in [-0.05, 0) is 38.3 Å². The van der Waals surface area contributed by atoms with Gasteiger partial charge in [0, 0.05) is 25.1 Å². The van der Waals surface area contributed by atoms with Crippen molar-refractivity contribution in [1.82, 2.24) is 10.2 Å². The van der Waals surface area contributed by atoms with E-state index in [1.165, 1.54) is 12.5 Å². The van der Waals surface area contributed by atoms with Gasteiger partial charge in [0.1, 0.15) is 0 Å². The largest absolute Gasteiger partial charge is 0.435 e. The summed E-state index contributed by atoms with van der Waals surface area (Å²) in [6.07, 6.45) is 0.123. The summed E-state index contributed by atoms with van der Waals surface area (Å²) < 4.78 is 43.4. The van der Waals surface area contributed by atoms with Crippen LogP contribution < -0.4 is 4.90 Å². The highest BCUT2D eigenvalue weighted by atomic mass is 19.4. The minimum atomic E-state index is -4.45. The standard InChI is InChI=1S/C15H20F3N3O/c1-3-22-12-9-11(14(12)7-4-8-14)21(2)13-6-5-10(19-20-13)15(16,17)18/h5-6,11-12H,3-4,7-9H2,1-2H3. The molecule has 0 aliphatic heterocycles. The van der Waals surface area contributed by atoms with Crippen LogP contribution in [0.1, 0.15) is 38.3 Å². The van der Waals surface area contributed by atoms with Crippen molar-refractivity contribution >= 4 is 5.82 Å². The average molecular weight is 315 g/mol. The Kier molecular flexibility index (Phi) is 3.79. The number of aromatic nitrogens is 2. The summed E-state index contributed by atoms with van der Waals surface area (Å²) in [4.78, 5) is 1.96. The summed E-state index contributed by atoms with van der Waals surface area (Å²) in [5, 5.41) is 7.07. The first-order valence-corrected chi connectivity index (χ1v) is 7.64. The highest BCUT2D eigenvalue weighted by Crippen LogP contribution is 2.59. The number of anilines is 1. The second-order valence-corrected chi connectivity index (χ2v) is 6.17. The molecule has 0 aromatic carbocycles. The smallest absolute Gasteiger partial charge is 0.378 e. The zero-order chi connectivity index (χ0) is 16.0. The van der Waals surface area contributed by atoms with Crippen LogP contribution in [-0.2, 0) is 10.9 Å². The SMILES string of the molecule is CCOC1CC(N(C)c2ccc(C(F)(F)F)nn2)C12CCC2. The normalized spacial score (nSPS) is 26.4. The molecule has 0 radical (unpaired) electrons. The fourth-order valence-electron chi connectivity index (χ4n) is 3.77. The Bertz CT molecular complexity index is 528. The van der Waals surface area contributed by atoms with E-state index in [0.29, 0.717) is 12.4 Å². The fourth-order valence-corrected chi connectivity index (χ4v) is 3.77. The van der Waals surface area contributed by atoms with Crippen molar-refractivity contribution in [2.24, 2.45) is 5.41 Å². The predicted molar refractivity (Wildman–Crippen MR) is 75.5 cm³/mol. The zero-order valence-corrected chi connectivity index (χ0v) is 12.7. The van der Waals surface area contributed by atoms with E-state index >= 15 is 0 Å². The zero-order valence-electron chi connectivity index (χ0n) is 12.7. The maximum Gasteiger partial charge on any atom is 0.435 e. The molecule has 2 atom stereocenters. The lowest BCUT2D eigenvalue weighted by Gasteiger charge is -2.63. The van der Waals surface area contributed by atoms with Crippen molar-refractivity contribution in [2.45, 2.75) is 50.9 Å². The number of halogens is 3. The topological polar surface area (TPSA) is 38.2 Å². The maximum atomic E-state index is 12.5. The Morgan fingerprint density at radius 1 is 1.32 bits per heavy atom. The van der Waals surface area contributed by atoms with E-state index in [9.17, 15) is 13.2 Å². The number of hydrogen-bond acceptors (Lipinski definition) is 4. The molecule has 2 fully saturated rings. The molecular formula is C15H20F3N3O. The molecule has 2 aliphatic carbocycles. The first-order chi connectivity index (χ1) is 10.4. The lowest BCUT2D eigenvalue weighted by Crippen LogP contribution is -2.67. The van der Waals surface area contributed by atoms with Gasteiger partial charge in [0.25, 0.3) is 0 Å². The van der Waals surface area contributed by atoms with Gasteiger partial charge in [0.05, 0.1) is 6.10 Å². The van der Waals surface area contributed by atoms with Crippen LogP contribution in [0.25, 0.3) is 0 Å². The van der Waals surface area contributed by atoms with E-state index in [2.05, 4.69) is 10.2 Å². The molecule has 3 rings (SSSR count). The summed E-state index contributed by atoms with van der Waals surface area (Å²) in [6, 6.07) is 2.66. The van der Waals surface area contributed by atoms with Crippen molar-refractivity contribution in [3.8, 4) is 0 Å². The Labute approximate surface area is 127 Å². The lowest BCUT2D eigenvalue weighted by molar-refractivity contribution is -0.164. The maximum absolute atomic E-state index is 12.5. The van der Waals surface area contributed by atoms with Crippen molar-refractivity contribution in [3.63, 3.8) is 0 Å². The van der Waals surface area contributed by atoms with E-state index in [1.807, 2.05) is 18.9 Å². The summed E-state index contributed by atoms with van der Waals surface area (Å²) in [5.41, 5.74) is -0.807. The monoisotopic (exact) mass is 315 g/mol. The molecule has 4 nitrogen and oxygen atoms in total. The van der Waals surface area contributed by atoms with Crippen LogP contribution in [0.15, 0.2) is 12.1 Å². The van der Waals surface area contributed by atoms with Crippen LogP contribution >= 0.6 is 0 Å². The van der Waals surface area contributed by atoms with Crippen LogP contribution in [0.5, 0.6) is 0 Å². The molecule has 1 spiro atoms. The molecule has 0 amide bonds. The Balaban J connectivity index is 1.73. The average Bonchev–Trinajstić information content (AvgIpc) is 2.40. The first-order valence-electron chi connectivity index (χ1n) is 7.64. The van der Waals surface area contributed by atoms with Gasteiger partial charge in [-0.15, -0.1) is 10.2 Å². The molecular weight excluding hydrogens is 295 g/mol. The minimum Gasteiger partial charge on any atom is -0.378 e. The third-order valence-corrected chi connectivity index (χ3v) is 5.16. The molecule has 0 saturated heterocycles. The number of rotatable bonds is 4. The minimum absolute atomic E-state index is 0.148. The van der Waals surface area contributed by atoms with Crippen LogP contribution in [0.3, 0.4) is 0 Å². The van der Waals surface area contributed by atoms with E-state index in [0.717, 1.165) is 25.3 Å². The van der Waals surface area contributed by atoms with E-state index in [4.69, 9.17) is 4.74 Å². The highest BCUT2D eigenvalue weighted by molar-refractivity contribution is 5.41. The van der Waals surface area contributed by atoms with Gasteiger partial charge in [-0.1, -0.05) is 6.42 Å². The van der Waals surface area contributed by atoms with Gasteiger partial charge in [-0.25, -0.2) is 0 Å². The molecule has 2 aliphatic rings. The van der Waals surface area contributed by atoms with Crippen LogP contribution in [0.2, 0.25) is 0 Å². The second kappa shape index (κ2) is 5.37. The molecule has 0 N–H and O–H groups in total. The Morgan fingerprint density at radius 3 is 2.50 bits per heavy atom. The predicted octanol–water partition coefficient (Wildman–Crippen LogP) is 3.28.